The van der Waals surface area contributed by atoms with Crippen molar-refractivity contribution < 1.29 is 14.3 Å². The fourth-order valence-electron chi connectivity index (χ4n) is 7.24. The van der Waals surface area contributed by atoms with Crippen molar-refractivity contribution >= 4 is 5.97 Å². The molecule has 0 N–H and O–H groups in total. The van der Waals surface area contributed by atoms with Crippen molar-refractivity contribution in [3.05, 3.63) is 0 Å². The summed E-state index contributed by atoms with van der Waals surface area (Å²) >= 11 is 0. The number of carbonyl (C=O) groups is 1. The Morgan fingerprint density at radius 2 is 1.92 bits per heavy atom. The van der Waals surface area contributed by atoms with Crippen LogP contribution in [0.4, 0.5) is 0 Å². The molecule has 0 aromatic rings. The summed E-state index contributed by atoms with van der Waals surface area (Å²) in [6.07, 6.45) is 7.33. The lowest BCUT2D eigenvalue weighted by molar-refractivity contribution is -0.168. The molecular formula is C22H35NO3. The van der Waals surface area contributed by atoms with E-state index in [1.54, 1.807) is 0 Å². The van der Waals surface area contributed by atoms with Crippen LogP contribution in [0.25, 0.3) is 0 Å². The highest BCUT2D eigenvalue weighted by Gasteiger charge is 2.77. The van der Waals surface area contributed by atoms with Crippen molar-refractivity contribution in [2.24, 2.45) is 29.1 Å². The van der Waals surface area contributed by atoms with Crippen LogP contribution in [0, 0.1) is 29.1 Å². The molecule has 5 rings (SSSR count). The van der Waals surface area contributed by atoms with Gasteiger partial charge in [0.1, 0.15) is 11.7 Å². The molecule has 1 spiro atoms. The molecule has 0 aromatic carbocycles. The molecule has 5 aliphatic rings. The smallest absolute Gasteiger partial charge is 0.311 e. The summed E-state index contributed by atoms with van der Waals surface area (Å²) in [5, 5.41) is 0. The summed E-state index contributed by atoms with van der Waals surface area (Å²) in [4.78, 5) is 15.6. The van der Waals surface area contributed by atoms with Crippen molar-refractivity contribution in [1.29, 1.82) is 0 Å². The first kappa shape index (κ1) is 17.5. The van der Waals surface area contributed by atoms with E-state index in [9.17, 15) is 4.79 Å². The average molecular weight is 362 g/mol. The fourth-order valence-corrected chi connectivity index (χ4v) is 7.24. The number of likely N-dealkylation sites (tertiary alicyclic amines) is 1. The van der Waals surface area contributed by atoms with Crippen molar-refractivity contribution in [2.75, 3.05) is 19.6 Å². The van der Waals surface area contributed by atoms with Crippen molar-refractivity contribution in [3.63, 3.8) is 0 Å². The van der Waals surface area contributed by atoms with Gasteiger partial charge >= 0.3 is 5.97 Å². The van der Waals surface area contributed by atoms with E-state index in [0.29, 0.717) is 23.2 Å². The van der Waals surface area contributed by atoms with Crippen LogP contribution in [0.5, 0.6) is 0 Å². The number of esters is 1. The standard InChI is InChI=1S/C22H35NO3/c1-14-6-7-17-15(12-23-11-5-9-20(2,3)13-23)18(24)25-22(17)16(14)8-10-21(4)19(22)26-21/h14-17,19H,5-13H2,1-4H3. The molecular weight excluding hydrogens is 326 g/mol. The predicted octanol–water partition coefficient (Wildman–Crippen LogP) is 3.63. The van der Waals surface area contributed by atoms with E-state index < -0.39 is 0 Å². The van der Waals surface area contributed by atoms with Gasteiger partial charge in [0.05, 0.1) is 11.5 Å². The van der Waals surface area contributed by atoms with Gasteiger partial charge in [-0.3, -0.25) is 4.79 Å². The molecule has 3 heterocycles. The van der Waals surface area contributed by atoms with E-state index >= 15 is 0 Å². The zero-order valence-electron chi connectivity index (χ0n) is 16.9. The van der Waals surface area contributed by atoms with Crippen LogP contribution in [0.15, 0.2) is 0 Å². The van der Waals surface area contributed by atoms with E-state index in [0.717, 1.165) is 38.9 Å². The van der Waals surface area contributed by atoms with Gasteiger partial charge in [-0.1, -0.05) is 20.8 Å². The third-order valence-electron chi connectivity index (χ3n) is 8.53. The third kappa shape index (κ3) is 2.37. The molecule has 5 fully saturated rings. The first-order valence-corrected chi connectivity index (χ1v) is 10.9. The maximum atomic E-state index is 13.1. The molecule has 2 saturated carbocycles. The summed E-state index contributed by atoms with van der Waals surface area (Å²) < 4.78 is 12.6. The van der Waals surface area contributed by atoms with Crippen LogP contribution >= 0.6 is 0 Å². The monoisotopic (exact) mass is 361 g/mol. The molecule has 0 aromatic heterocycles. The number of fused-ring (bicyclic) bond motifs is 1. The van der Waals surface area contributed by atoms with Crippen LogP contribution in [-0.2, 0) is 14.3 Å². The molecule has 0 radical (unpaired) electrons. The fraction of sp³-hybridized carbons (Fsp3) is 0.955. The van der Waals surface area contributed by atoms with Crippen molar-refractivity contribution in [1.82, 2.24) is 4.90 Å². The Labute approximate surface area is 158 Å². The number of carbonyl (C=O) groups excluding carboxylic acids is 1. The number of rotatable bonds is 2. The van der Waals surface area contributed by atoms with Crippen molar-refractivity contribution in [3.8, 4) is 0 Å². The van der Waals surface area contributed by atoms with Crippen LogP contribution < -0.4 is 0 Å². The zero-order valence-corrected chi connectivity index (χ0v) is 16.9. The van der Waals surface area contributed by atoms with Gasteiger partial charge in [-0.25, -0.2) is 0 Å². The summed E-state index contributed by atoms with van der Waals surface area (Å²) in [7, 11) is 0. The van der Waals surface area contributed by atoms with E-state index in [-0.39, 0.29) is 29.2 Å². The van der Waals surface area contributed by atoms with E-state index in [1.165, 1.54) is 19.3 Å². The largest absolute Gasteiger partial charge is 0.455 e. The maximum absolute atomic E-state index is 13.1. The second-order valence-corrected chi connectivity index (χ2v) is 11.0. The number of ether oxygens (including phenoxy) is 2. The molecule has 2 aliphatic carbocycles. The second-order valence-electron chi connectivity index (χ2n) is 11.0. The van der Waals surface area contributed by atoms with Gasteiger partial charge in [-0.05, 0) is 63.3 Å². The van der Waals surface area contributed by atoms with Crippen LogP contribution in [-0.4, -0.2) is 47.8 Å². The van der Waals surface area contributed by atoms with Gasteiger partial charge in [0.25, 0.3) is 0 Å². The highest BCUT2D eigenvalue weighted by Crippen LogP contribution is 2.66. The minimum absolute atomic E-state index is 0.0336. The van der Waals surface area contributed by atoms with Gasteiger partial charge < -0.3 is 14.4 Å². The zero-order chi connectivity index (χ0) is 18.3. The Kier molecular flexibility index (Phi) is 3.68. The molecule has 4 nitrogen and oxygen atoms in total. The van der Waals surface area contributed by atoms with Crippen LogP contribution in [0.2, 0.25) is 0 Å². The maximum Gasteiger partial charge on any atom is 0.311 e. The molecule has 146 valence electrons. The Balaban J connectivity index is 1.42. The minimum Gasteiger partial charge on any atom is -0.455 e. The van der Waals surface area contributed by atoms with E-state index in [4.69, 9.17) is 9.47 Å². The molecule has 26 heavy (non-hydrogen) atoms. The van der Waals surface area contributed by atoms with Gasteiger partial charge in [0.2, 0.25) is 0 Å². The highest BCUT2D eigenvalue weighted by atomic mass is 16.7. The number of piperidine rings is 1. The molecule has 0 bridgehead atoms. The number of nitrogens with zero attached hydrogens (tertiary/aromatic N) is 1. The lowest BCUT2D eigenvalue weighted by Crippen LogP contribution is -2.58. The summed E-state index contributed by atoms with van der Waals surface area (Å²) in [5.41, 5.74) is 0.0108. The van der Waals surface area contributed by atoms with Gasteiger partial charge in [0, 0.05) is 24.9 Å². The predicted molar refractivity (Wildman–Crippen MR) is 99.7 cm³/mol. The molecule has 4 heteroatoms. The quantitative estimate of drug-likeness (QED) is 0.556. The summed E-state index contributed by atoms with van der Waals surface area (Å²) in [5.74, 6) is 1.60. The van der Waals surface area contributed by atoms with Crippen LogP contribution in [0.1, 0.15) is 66.2 Å². The Morgan fingerprint density at radius 1 is 1.12 bits per heavy atom. The SMILES string of the molecule is CC1CCC2C(CN3CCCC(C)(C)C3)C(=O)OC23C1CCC1(C)OC13. The molecule has 3 saturated heterocycles. The molecule has 3 aliphatic heterocycles. The van der Waals surface area contributed by atoms with Gasteiger partial charge in [0.15, 0.2) is 0 Å². The molecule has 7 atom stereocenters. The number of epoxide rings is 1. The lowest BCUT2D eigenvalue weighted by Gasteiger charge is -2.50. The van der Waals surface area contributed by atoms with Crippen LogP contribution in [0.3, 0.4) is 0 Å². The minimum atomic E-state index is -0.322. The summed E-state index contributed by atoms with van der Waals surface area (Å²) in [6.45, 7) is 12.4. The third-order valence-corrected chi connectivity index (χ3v) is 8.53. The molecule has 7 unspecified atom stereocenters. The Morgan fingerprint density at radius 3 is 2.69 bits per heavy atom. The molecule has 0 amide bonds. The Bertz CT molecular complexity index is 619. The Hall–Kier alpha value is -0.610. The van der Waals surface area contributed by atoms with Crippen molar-refractivity contribution in [2.45, 2.75) is 83.5 Å². The average Bonchev–Trinajstić information content (AvgIpc) is 3.18. The second kappa shape index (κ2) is 5.47. The normalized spacial score (nSPS) is 52.6. The summed E-state index contributed by atoms with van der Waals surface area (Å²) in [6, 6.07) is 0. The van der Waals surface area contributed by atoms with E-state index in [2.05, 4.69) is 32.6 Å². The topological polar surface area (TPSA) is 42.1 Å². The van der Waals surface area contributed by atoms with Gasteiger partial charge in [-0.2, -0.15) is 0 Å². The number of hydrogen-bond acceptors (Lipinski definition) is 4. The van der Waals surface area contributed by atoms with Gasteiger partial charge in [-0.15, -0.1) is 0 Å². The lowest BCUT2D eigenvalue weighted by atomic mass is 9.55. The first-order valence-electron chi connectivity index (χ1n) is 10.9. The van der Waals surface area contributed by atoms with E-state index in [1.807, 2.05) is 0 Å². The highest BCUT2D eigenvalue weighted by molar-refractivity contribution is 5.77. The first-order chi connectivity index (χ1) is 12.3. The number of hydrogen-bond donors (Lipinski definition) is 0.